The minimum Gasteiger partial charge on any atom is -0.477 e. The van der Waals surface area contributed by atoms with Gasteiger partial charge in [-0.3, -0.25) is 4.79 Å². The summed E-state index contributed by atoms with van der Waals surface area (Å²) in [7, 11) is 0. The summed E-state index contributed by atoms with van der Waals surface area (Å²) in [6.45, 7) is 6.24. The van der Waals surface area contributed by atoms with E-state index >= 15 is 8.78 Å². The largest absolute Gasteiger partial charge is 0.477 e. The third-order valence-electron chi connectivity index (χ3n) is 7.20. The van der Waals surface area contributed by atoms with Gasteiger partial charge in [0.25, 0.3) is 0 Å². The second-order valence-corrected chi connectivity index (χ2v) is 9.00. The third-order valence-corrected chi connectivity index (χ3v) is 7.20. The van der Waals surface area contributed by atoms with Gasteiger partial charge in [0.05, 0.1) is 27.7 Å². The number of aromatic carboxylic acids is 1. The van der Waals surface area contributed by atoms with Gasteiger partial charge in [0.15, 0.2) is 11.6 Å². The quantitative estimate of drug-likeness (QED) is 0.535. The van der Waals surface area contributed by atoms with Crippen LogP contribution in [0.1, 0.15) is 50.0 Å². The second-order valence-electron chi connectivity index (χ2n) is 9.00. The number of anilines is 2. The van der Waals surface area contributed by atoms with Crippen LogP contribution in [0.3, 0.4) is 0 Å². The fourth-order valence-corrected chi connectivity index (χ4v) is 4.80. The molecular formula is C20H22F2N4O3. The lowest BCUT2D eigenvalue weighted by atomic mass is 9.88. The molecule has 0 amide bonds. The Morgan fingerprint density at radius 3 is 2.45 bits per heavy atom. The van der Waals surface area contributed by atoms with Gasteiger partial charge in [0, 0.05) is 24.8 Å². The molecule has 0 radical (unpaired) electrons. The van der Waals surface area contributed by atoms with Gasteiger partial charge < -0.3 is 25.6 Å². The van der Waals surface area contributed by atoms with Gasteiger partial charge >= 0.3 is 5.97 Å². The molecule has 1 aromatic carbocycles. The fourth-order valence-electron chi connectivity index (χ4n) is 4.80. The zero-order valence-electron chi connectivity index (χ0n) is 16.3. The van der Waals surface area contributed by atoms with E-state index in [9.17, 15) is 14.7 Å². The molecule has 2 saturated heterocycles. The molecule has 1 aromatic heterocycles. The molecule has 2 aliphatic heterocycles. The number of carbonyl (C=O) groups is 1. The molecule has 29 heavy (non-hydrogen) atoms. The number of aromatic nitrogens is 1. The first-order valence-corrected chi connectivity index (χ1v) is 9.64. The number of piperazine rings is 1. The van der Waals surface area contributed by atoms with Crippen molar-refractivity contribution in [2.24, 2.45) is 0 Å². The number of carboxylic acids is 1. The Labute approximate surface area is 165 Å². The maximum atomic E-state index is 15.9. The monoisotopic (exact) mass is 404 g/mol. The Hall–Kier alpha value is -2.68. The number of rotatable bonds is 3. The maximum absolute atomic E-state index is 15.9. The van der Waals surface area contributed by atoms with Gasteiger partial charge in [-0.05, 0) is 33.6 Å². The van der Waals surface area contributed by atoms with E-state index in [1.54, 1.807) is 4.90 Å². The first kappa shape index (κ1) is 18.4. The highest BCUT2D eigenvalue weighted by atomic mass is 19.1. The van der Waals surface area contributed by atoms with Crippen LogP contribution in [0, 0.1) is 11.6 Å². The predicted molar refractivity (Wildman–Crippen MR) is 105 cm³/mol. The van der Waals surface area contributed by atoms with Crippen LogP contribution in [0.5, 0.6) is 0 Å². The number of benzene rings is 1. The van der Waals surface area contributed by atoms with Gasteiger partial charge in [-0.2, -0.15) is 0 Å². The Kier molecular flexibility index (Phi) is 3.33. The van der Waals surface area contributed by atoms with E-state index in [1.165, 1.54) is 4.57 Å². The zero-order valence-corrected chi connectivity index (χ0v) is 16.3. The fraction of sp³-hybridized carbons (Fsp3) is 0.500. The SMILES string of the molecule is CC12NC1CN(c1c(F)c(N)c3c(=O)c(C(=O)O)cn(C4CC4)c3c1F)C2(C)C. The molecule has 1 aliphatic carbocycles. The van der Waals surface area contributed by atoms with Crippen LogP contribution < -0.4 is 21.4 Å². The molecule has 3 heterocycles. The molecule has 0 bridgehead atoms. The average Bonchev–Trinajstić information content (AvgIpc) is 3.54. The molecule has 2 aromatic rings. The number of fused-ring (bicyclic) bond motifs is 2. The standard InChI is InChI=1S/C20H22F2N4O3/c1-19(2)20(3)10(24-20)7-26(19)16-12(21)14(23)11-15(13(16)22)25(8-4-5-8)6-9(17(11)27)18(28)29/h6,8,10,24H,4-5,7,23H2,1-3H3,(H,28,29). The van der Waals surface area contributed by atoms with Crippen LogP contribution >= 0.6 is 0 Å². The number of nitrogen functional groups attached to an aromatic ring is 1. The number of pyridine rings is 1. The van der Waals surface area contributed by atoms with E-state index in [4.69, 9.17) is 5.73 Å². The zero-order chi connectivity index (χ0) is 21.0. The number of nitrogens with zero attached hydrogens (tertiary/aromatic N) is 2. The molecule has 7 nitrogen and oxygen atoms in total. The number of carboxylic acid groups (broad SMARTS) is 1. The summed E-state index contributed by atoms with van der Waals surface area (Å²) in [6, 6.07) is -0.0316. The van der Waals surface area contributed by atoms with Crippen molar-refractivity contribution in [1.82, 2.24) is 9.88 Å². The molecule has 4 N–H and O–H groups in total. The molecule has 154 valence electrons. The van der Waals surface area contributed by atoms with E-state index in [0.717, 1.165) is 19.0 Å². The molecule has 0 spiro atoms. The lowest BCUT2D eigenvalue weighted by Gasteiger charge is -2.40. The van der Waals surface area contributed by atoms with Crippen molar-refractivity contribution < 1.29 is 18.7 Å². The highest BCUT2D eigenvalue weighted by Gasteiger charge is 2.67. The second kappa shape index (κ2) is 5.27. The van der Waals surface area contributed by atoms with Gasteiger partial charge in [-0.1, -0.05) is 0 Å². The molecule has 1 saturated carbocycles. The van der Waals surface area contributed by atoms with Crippen molar-refractivity contribution >= 4 is 28.2 Å². The van der Waals surface area contributed by atoms with Crippen molar-refractivity contribution in [3.8, 4) is 0 Å². The van der Waals surface area contributed by atoms with Gasteiger partial charge in [0.1, 0.15) is 11.3 Å². The van der Waals surface area contributed by atoms with Crippen molar-refractivity contribution in [2.45, 2.75) is 56.8 Å². The molecule has 2 unspecified atom stereocenters. The number of halogens is 2. The topological polar surface area (TPSA) is 110 Å². The van der Waals surface area contributed by atoms with Crippen LogP contribution in [0.25, 0.3) is 10.9 Å². The number of hydrogen-bond acceptors (Lipinski definition) is 5. The lowest BCUT2D eigenvalue weighted by molar-refractivity contribution is 0.0695. The summed E-state index contributed by atoms with van der Waals surface area (Å²) in [5, 5.41) is 12.3. The average molecular weight is 404 g/mol. The van der Waals surface area contributed by atoms with Crippen LogP contribution in [0.4, 0.5) is 20.2 Å². The molecule has 5 rings (SSSR count). The van der Waals surface area contributed by atoms with Crippen LogP contribution in [0.2, 0.25) is 0 Å². The Morgan fingerprint density at radius 2 is 1.93 bits per heavy atom. The van der Waals surface area contributed by atoms with Crippen LogP contribution in [0.15, 0.2) is 11.0 Å². The van der Waals surface area contributed by atoms with E-state index in [-0.39, 0.29) is 28.8 Å². The van der Waals surface area contributed by atoms with Crippen LogP contribution in [-0.2, 0) is 0 Å². The molecule has 9 heteroatoms. The summed E-state index contributed by atoms with van der Waals surface area (Å²) in [5.74, 6) is -3.34. The summed E-state index contributed by atoms with van der Waals surface area (Å²) >= 11 is 0. The van der Waals surface area contributed by atoms with Crippen molar-refractivity contribution in [2.75, 3.05) is 17.2 Å². The Bertz CT molecular complexity index is 1170. The normalized spacial score (nSPS) is 27.3. The summed E-state index contributed by atoms with van der Waals surface area (Å²) in [5.41, 5.74) is 2.73. The van der Waals surface area contributed by atoms with E-state index in [2.05, 4.69) is 5.32 Å². The predicted octanol–water partition coefficient (Wildman–Crippen LogP) is 2.22. The molecule has 3 fully saturated rings. The first-order valence-electron chi connectivity index (χ1n) is 9.64. The Balaban J connectivity index is 1.85. The molecular weight excluding hydrogens is 382 g/mol. The van der Waals surface area contributed by atoms with Gasteiger partial charge in [0.2, 0.25) is 5.43 Å². The molecule has 3 aliphatic rings. The minimum atomic E-state index is -1.45. The smallest absolute Gasteiger partial charge is 0.341 e. The van der Waals surface area contributed by atoms with Gasteiger partial charge in [-0.25, -0.2) is 13.6 Å². The van der Waals surface area contributed by atoms with E-state index in [0.29, 0.717) is 6.54 Å². The Morgan fingerprint density at radius 1 is 1.28 bits per heavy atom. The number of nitrogens with two attached hydrogens (primary N) is 1. The third kappa shape index (κ3) is 2.13. The van der Waals surface area contributed by atoms with Gasteiger partial charge in [-0.15, -0.1) is 0 Å². The number of hydrogen-bond donors (Lipinski definition) is 3. The maximum Gasteiger partial charge on any atom is 0.341 e. The minimum absolute atomic E-state index is 0.105. The lowest BCUT2D eigenvalue weighted by Crippen LogP contribution is -2.52. The van der Waals surface area contributed by atoms with E-state index in [1.807, 2.05) is 20.8 Å². The van der Waals surface area contributed by atoms with Crippen molar-refractivity contribution in [1.29, 1.82) is 0 Å². The van der Waals surface area contributed by atoms with Crippen LogP contribution in [-0.4, -0.2) is 39.3 Å². The molecule has 2 atom stereocenters. The van der Waals surface area contributed by atoms with Crippen molar-refractivity contribution in [3.05, 3.63) is 33.6 Å². The first-order chi connectivity index (χ1) is 13.5. The highest BCUT2D eigenvalue weighted by molar-refractivity contribution is 6.00. The summed E-state index contributed by atoms with van der Waals surface area (Å²) in [6.07, 6.45) is 2.61. The summed E-state index contributed by atoms with van der Waals surface area (Å²) < 4.78 is 32.7. The summed E-state index contributed by atoms with van der Waals surface area (Å²) in [4.78, 5) is 25.9. The highest BCUT2D eigenvalue weighted by Crippen LogP contribution is 2.52. The van der Waals surface area contributed by atoms with Crippen molar-refractivity contribution in [3.63, 3.8) is 0 Å². The van der Waals surface area contributed by atoms with E-state index < -0.39 is 45.2 Å². The number of nitrogens with one attached hydrogen (secondary N) is 1.